The molecule has 0 aliphatic rings. The van der Waals surface area contributed by atoms with E-state index in [1.165, 1.54) is 0 Å². The molecule has 1 aromatic rings. The molecule has 0 atom stereocenters. The molecule has 0 bridgehead atoms. The van der Waals surface area contributed by atoms with Crippen molar-refractivity contribution in [3.63, 3.8) is 0 Å². The van der Waals surface area contributed by atoms with Gasteiger partial charge in [-0.1, -0.05) is 11.6 Å². The van der Waals surface area contributed by atoms with E-state index in [-0.39, 0.29) is 0 Å². The van der Waals surface area contributed by atoms with Crippen molar-refractivity contribution in [3.05, 3.63) is 29.3 Å². The van der Waals surface area contributed by atoms with Crippen LogP contribution in [-0.4, -0.2) is 25.0 Å². The summed E-state index contributed by atoms with van der Waals surface area (Å²) < 4.78 is 5.49. The highest BCUT2D eigenvalue weighted by atomic mass is 35.5. The van der Waals surface area contributed by atoms with Crippen molar-refractivity contribution in [1.29, 1.82) is 0 Å². The SMILES string of the molecule is CN=C(COc1ccc(Cl)cc1)SC. The van der Waals surface area contributed by atoms with Gasteiger partial charge in [-0.3, -0.25) is 4.99 Å². The van der Waals surface area contributed by atoms with E-state index in [0.29, 0.717) is 11.6 Å². The van der Waals surface area contributed by atoms with E-state index in [1.54, 1.807) is 30.9 Å². The van der Waals surface area contributed by atoms with Crippen LogP contribution >= 0.6 is 23.4 Å². The maximum absolute atomic E-state index is 5.75. The second kappa shape index (κ2) is 5.94. The van der Waals surface area contributed by atoms with Crippen molar-refractivity contribution in [2.75, 3.05) is 19.9 Å². The predicted molar refractivity (Wildman–Crippen MR) is 63.8 cm³/mol. The average Bonchev–Trinajstić information content (AvgIpc) is 2.22. The van der Waals surface area contributed by atoms with Gasteiger partial charge in [0.15, 0.2) is 0 Å². The molecule has 0 radical (unpaired) electrons. The van der Waals surface area contributed by atoms with Crippen LogP contribution in [0.5, 0.6) is 5.75 Å². The number of thioether (sulfide) groups is 1. The maximum Gasteiger partial charge on any atom is 0.136 e. The van der Waals surface area contributed by atoms with Crippen LogP contribution in [0.1, 0.15) is 0 Å². The van der Waals surface area contributed by atoms with Gasteiger partial charge in [-0.15, -0.1) is 11.8 Å². The average molecular weight is 230 g/mol. The maximum atomic E-state index is 5.75. The van der Waals surface area contributed by atoms with Gasteiger partial charge in [-0.25, -0.2) is 0 Å². The van der Waals surface area contributed by atoms with Crippen molar-refractivity contribution in [2.45, 2.75) is 0 Å². The molecule has 0 heterocycles. The summed E-state index contributed by atoms with van der Waals surface area (Å²) in [7, 11) is 1.76. The van der Waals surface area contributed by atoms with Gasteiger partial charge in [0.05, 0.1) is 0 Å². The molecule has 0 fully saturated rings. The molecule has 0 N–H and O–H groups in total. The number of halogens is 1. The minimum atomic E-state index is 0.513. The van der Waals surface area contributed by atoms with Crippen molar-refractivity contribution in [1.82, 2.24) is 0 Å². The Bertz CT molecular complexity index is 310. The third kappa shape index (κ3) is 3.60. The summed E-state index contributed by atoms with van der Waals surface area (Å²) in [5.41, 5.74) is 0. The van der Waals surface area contributed by atoms with Gasteiger partial charge in [-0.05, 0) is 30.5 Å². The lowest BCUT2D eigenvalue weighted by atomic mass is 10.3. The van der Waals surface area contributed by atoms with E-state index >= 15 is 0 Å². The minimum absolute atomic E-state index is 0.513. The molecule has 0 saturated carbocycles. The summed E-state index contributed by atoms with van der Waals surface area (Å²) in [6.07, 6.45) is 1.98. The van der Waals surface area contributed by atoms with E-state index < -0.39 is 0 Å². The molecule has 0 amide bonds. The Balaban J connectivity index is 2.49. The quantitative estimate of drug-likeness (QED) is 0.587. The summed E-state index contributed by atoms with van der Waals surface area (Å²) in [5, 5.41) is 1.69. The van der Waals surface area contributed by atoms with Gasteiger partial charge in [0.1, 0.15) is 17.4 Å². The number of ether oxygens (including phenoxy) is 1. The van der Waals surface area contributed by atoms with Gasteiger partial charge < -0.3 is 4.74 Å². The van der Waals surface area contributed by atoms with Crippen molar-refractivity contribution in [2.24, 2.45) is 4.99 Å². The van der Waals surface area contributed by atoms with Crippen LogP contribution in [0.3, 0.4) is 0 Å². The summed E-state index contributed by atoms with van der Waals surface area (Å²) in [6.45, 7) is 0.513. The Morgan fingerprint density at radius 2 is 2.07 bits per heavy atom. The second-order valence-electron chi connectivity index (χ2n) is 2.56. The number of aliphatic imine (C=N–C) groups is 1. The second-order valence-corrected chi connectivity index (χ2v) is 3.88. The first-order chi connectivity index (χ1) is 6.76. The van der Waals surface area contributed by atoms with E-state index in [1.807, 2.05) is 18.4 Å². The molecule has 2 nitrogen and oxygen atoms in total. The number of nitrogens with zero attached hydrogens (tertiary/aromatic N) is 1. The number of hydrogen-bond donors (Lipinski definition) is 0. The lowest BCUT2D eigenvalue weighted by Gasteiger charge is -2.06. The molecular formula is C10H12ClNOS. The topological polar surface area (TPSA) is 21.6 Å². The molecule has 0 spiro atoms. The van der Waals surface area contributed by atoms with Crippen molar-refractivity contribution in [3.8, 4) is 5.75 Å². The summed E-state index contributed by atoms with van der Waals surface area (Å²) in [6, 6.07) is 7.29. The van der Waals surface area contributed by atoms with Crippen LogP contribution in [0.25, 0.3) is 0 Å². The summed E-state index contributed by atoms with van der Waals surface area (Å²) >= 11 is 7.34. The fourth-order valence-electron chi connectivity index (χ4n) is 0.891. The van der Waals surface area contributed by atoms with E-state index in [9.17, 15) is 0 Å². The predicted octanol–water partition coefficient (Wildman–Crippen LogP) is 3.11. The Morgan fingerprint density at radius 3 is 2.57 bits per heavy atom. The first kappa shape index (κ1) is 11.4. The Labute approximate surface area is 93.3 Å². The lowest BCUT2D eigenvalue weighted by Crippen LogP contribution is -2.07. The standard InChI is InChI=1S/C10H12ClNOS/c1-12-10(14-2)7-13-9-5-3-8(11)4-6-9/h3-6H,7H2,1-2H3. The molecule has 0 aliphatic heterocycles. The normalized spacial score (nSPS) is 11.5. The fourth-order valence-corrected chi connectivity index (χ4v) is 1.38. The number of benzene rings is 1. The molecule has 1 rings (SSSR count). The van der Waals surface area contributed by atoms with Gasteiger partial charge >= 0.3 is 0 Å². The smallest absolute Gasteiger partial charge is 0.136 e. The Hall–Kier alpha value is -0.670. The molecule has 4 heteroatoms. The highest BCUT2D eigenvalue weighted by molar-refractivity contribution is 8.13. The zero-order chi connectivity index (χ0) is 10.4. The lowest BCUT2D eigenvalue weighted by molar-refractivity contribution is 0.379. The first-order valence-corrected chi connectivity index (χ1v) is 5.74. The molecule has 1 aromatic carbocycles. The zero-order valence-electron chi connectivity index (χ0n) is 8.16. The zero-order valence-corrected chi connectivity index (χ0v) is 9.73. The first-order valence-electron chi connectivity index (χ1n) is 4.14. The van der Waals surface area contributed by atoms with Crippen molar-refractivity contribution >= 4 is 28.4 Å². The third-order valence-corrected chi connectivity index (χ3v) is 2.68. The molecule has 0 aromatic heterocycles. The van der Waals surface area contributed by atoms with Gasteiger partial charge in [-0.2, -0.15) is 0 Å². The van der Waals surface area contributed by atoms with Crippen molar-refractivity contribution < 1.29 is 4.74 Å². The van der Waals surface area contributed by atoms with Crippen LogP contribution in [0.15, 0.2) is 29.3 Å². The molecule has 0 saturated heterocycles. The van der Waals surface area contributed by atoms with E-state index in [2.05, 4.69) is 4.99 Å². The Morgan fingerprint density at radius 1 is 1.43 bits per heavy atom. The molecule has 76 valence electrons. The van der Waals surface area contributed by atoms with Gasteiger partial charge in [0.25, 0.3) is 0 Å². The molecular weight excluding hydrogens is 218 g/mol. The number of hydrogen-bond acceptors (Lipinski definition) is 3. The van der Waals surface area contributed by atoms with Crippen LogP contribution in [-0.2, 0) is 0 Å². The number of rotatable bonds is 3. The van der Waals surface area contributed by atoms with Gasteiger partial charge in [0, 0.05) is 12.1 Å². The summed E-state index contributed by atoms with van der Waals surface area (Å²) in [4.78, 5) is 4.07. The van der Waals surface area contributed by atoms with Crippen LogP contribution in [0.4, 0.5) is 0 Å². The fraction of sp³-hybridized carbons (Fsp3) is 0.300. The molecule has 0 aliphatic carbocycles. The molecule has 0 unspecified atom stereocenters. The Kier molecular flexibility index (Phi) is 4.84. The van der Waals surface area contributed by atoms with Gasteiger partial charge in [0.2, 0.25) is 0 Å². The van der Waals surface area contributed by atoms with Crippen LogP contribution < -0.4 is 4.74 Å². The molecule has 14 heavy (non-hydrogen) atoms. The monoisotopic (exact) mass is 229 g/mol. The highest BCUT2D eigenvalue weighted by Gasteiger charge is 1.98. The third-order valence-electron chi connectivity index (χ3n) is 1.66. The van der Waals surface area contributed by atoms with Crippen LogP contribution in [0.2, 0.25) is 5.02 Å². The summed E-state index contributed by atoms with van der Waals surface area (Å²) in [5.74, 6) is 0.810. The van der Waals surface area contributed by atoms with Crippen LogP contribution in [0, 0.1) is 0 Å². The van der Waals surface area contributed by atoms with E-state index in [4.69, 9.17) is 16.3 Å². The highest BCUT2D eigenvalue weighted by Crippen LogP contribution is 2.15. The largest absolute Gasteiger partial charge is 0.487 e. The van der Waals surface area contributed by atoms with E-state index in [0.717, 1.165) is 10.8 Å². The minimum Gasteiger partial charge on any atom is -0.487 e.